The molecule has 3 rings (SSSR count). The van der Waals surface area contributed by atoms with E-state index in [9.17, 15) is 9.59 Å². The van der Waals surface area contributed by atoms with Crippen LogP contribution in [0.2, 0.25) is 0 Å². The molecule has 0 radical (unpaired) electrons. The Morgan fingerprint density at radius 3 is 2.41 bits per heavy atom. The van der Waals surface area contributed by atoms with Gasteiger partial charge in [-0.3, -0.25) is 9.59 Å². The molecule has 0 saturated carbocycles. The van der Waals surface area contributed by atoms with E-state index in [1.165, 1.54) is 10.8 Å². The topological polar surface area (TPSA) is 49.4 Å². The molecule has 168 valence electrons. The Bertz CT molecular complexity index is 1070. The standard InChI is InChI=1S/C28H34N2O2/c1-5-26(28(32)29-20(2)3)30(19-22-11-8-10-21(4)18-22)27(31)17-16-24-14-9-13-23-12-6-7-15-25(23)24/h6-15,18,20,26H,5,16-17,19H2,1-4H3,(H,29,32)/t26-/m1/s1. The first-order chi connectivity index (χ1) is 15.4. The summed E-state index contributed by atoms with van der Waals surface area (Å²) >= 11 is 0. The van der Waals surface area contributed by atoms with Gasteiger partial charge in [-0.25, -0.2) is 0 Å². The lowest BCUT2D eigenvalue weighted by Crippen LogP contribution is -2.50. The molecule has 0 saturated heterocycles. The molecule has 0 fully saturated rings. The summed E-state index contributed by atoms with van der Waals surface area (Å²) in [6.45, 7) is 8.32. The van der Waals surface area contributed by atoms with Crippen molar-refractivity contribution in [2.75, 3.05) is 0 Å². The third-order valence-electron chi connectivity index (χ3n) is 5.74. The fraction of sp³-hybridized carbons (Fsp3) is 0.357. The lowest BCUT2D eigenvalue weighted by Gasteiger charge is -2.31. The summed E-state index contributed by atoms with van der Waals surface area (Å²) in [5, 5.41) is 5.35. The predicted octanol–water partition coefficient (Wildman–Crippen LogP) is 5.41. The molecule has 0 aliphatic carbocycles. The summed E-state index contributed by atoms with van der Waals surface area (Å²) in [5.41, 5.74) is 3.34. The molecule has 0 aliphatic heterocycles. The highest BCUT2D eigenvalue weighted by molar-refractivity contribution is 5.89. The van der Waals surface area contributed by atoms with E-state index in [-0.39, 0.29) is 17.9 Å². The molecule has 0 aromatic heterocycles. The van der Waals surface area contributed by atoms with Crippen molar-refractivity contribution in [2.24, 2.45) is 0 Å². The number of carbonyl (C=O) groups is 2. The van der Waals surface area contributed by atoms with E-state index in [4.69, 9.17) is 0 Å². The molecule has 0 aliphatic rings. The largest absolute Gasteiger partial charge is 0.352 e. The van der Waals surface area contributed by atoms with Crippen molar-refractivity contribution in [3.63, 3.8) is 0 Å². The van der Waals surface area contributed by atoms with E-state index < -0.39 is 6.04 Å². The summed E-state index contributed by atoms with van der Waals surface area (Å²) in [6, 6.07) is 22.1. The second-order valence-corrected chi connectivity index (χ2v) is 8.74. The number of hydrogen-bond donors (Lipinski definition) is 1. The van der Waals surface area contributed by atoms with Gasteiger partial charge in [-0.1, -0.05) is 79.2 Å². The van der Waals surface area contributed by atoms with Crippen LogP contribution in [0, 0.1) is 6.92 Å². The van der Waals surface area contributed by atoms with E-state index in [2.05, 4.69) is 35.6 Å². The summed E-state index contributed by atoms with van der Waals surface area (Å²) in [5.74, 6) is -0.0844. The number of rotatable bonds is 9. The maximum atomic E-state index is 13.5. The number of aryl methyl sites for hydroxylation is 2. The first-order valence-corrected chi connectivity index (χ1v) is 11.5. The number of carbonyl (C=O) groups excluding carboxylic acids is 2. The van der Waals surface area contributed by atoms with Gasteiger partial charge in [0.2, 0.25) is 11.8 Å². The molecular formula is C28H34N2O2. The zero-order valence-electron chi connectivity index (χ0n) is 19.6. The average Bonchev–Trinajstić information content (AvgIpc) is 2.77. The van der Waals surface area contributed by atoms with Crippen LogP contribution in [0.1, 0.15) is 50.3 Å². The van der Waals surface area contributed by atoms with Gasteiger partial charge in [-0.05, 0) is 55.5 Å². The van der Waals surface area contributed by atoms with E-state index in [1.807, 2.05) is 64.1 Å². The third-order valence-corrected chi connectivity index (χ3v) is 5.74. The van der Waals surface area contributed by atoms with Crippen LogP contribution in [0.15, 0.2) is 66.7 Å². The number of nitrogens with zero attached hydrogens (tertiary/aromatic N) is 1. The van der Waals surface area contributed by atoms with Gasteiger partial charge in [0.25, 0.3) is 0 Å². The molecule has 1 atom stereocenters. The number of nitrogens with one attached hydrogen (secondary N) is 1. The lowest BCUT2D eigenvalue weighted by molar-refractivity contribution is -0.141. The van der Waals surface area contributed by atoms with Crippen LogP contribution in [0.4, 0.5) is 0 Å². The van der Waals surface area contributed by atoms with Gasteiger partial charge in [0.15, 0.2) is 0 Å². The Kier molecular flexibility index (Phi) is 8.04. The first-order valence-electron chi connectivity index (χ1n) is 11.5. The number of fused-ring (bicyclic) bond motifs is 1. The minimum atomic E-state index is -0.488. The molecule has 1 N–H and O–H groups in total. The number of amides is 2. The van der Waals surface area contributed by atoms with Crippen molar-refractivity contribution in [3.05, 3.63) is 83.4 Å². The quantitative estimate of drug-likeness (QED) is 0.493. The van der Waals surface area contributed by atoms with Crippen LogP contribution in [0.5, 0.6) is 0 Å². The molecular weight excluding hydrogens is 396 g/mol. The third kappa shape index (κ3) is 5.97. The molecule has 3 aromatic rings. The second kappa shape index (κ2) is 10.9. The minimum Gasteiger partial charge on any atom is -0.352 e. The average molecular weight is 431 g/mol. The molecule has 4 heteroatoms. The van der Waals surface area contributed by atoms with Crippen LogP contribution in [-0.2, 0) is 22.6 Å². The maximum Gasteiger partial charge on any atom is 0.243 e. The van der Waals surface area contributed by atoms with Crippen molar-refractivity contribution in [3.8, 4) is 0 Å². The predicted molar refractivity (Wildman–Crippen MR) is 131 cm³/mol. The van der Waals surface area contributed by atoms with Crippen LogP contribution in [0.25, 0.3) is 10.8 Å². The summed E-state index contributed by atoms with van der Waals surface area (Å²) < 4.78 is 0. The van der Waals surface area contributed by atoms with Crippen LogP contribution >= 0.6 is 0 Å². The van der Waals surface area contributed by atoms with E-state index in [0.717, 1.165) is 16.7 Å². The fourth-order valence-corrected chi connectivity index (χ4v) is 4.20. The van der Waals surface area contributed by atoms with Gasteiger partial charge in [0.05, 0.1) is 0 Å². The maximum absolute atomic E-state index is 13.5. The van der Waals surface area contributed by atoms with Crippen LogP contribution < -0.4 is 5.32 Å². The summed E-state index contributed by atoms with van der Waals surface area (Å²) in [7, 11) is 0. The monoisotopic (exact) mass is 430 g/mol. The van der Waals surface area contributed by atoms with Gasteiger partial charge < -0.3 is 10.2 Å². The van der Waals surface area contributed by atoms with Gasteiger partial charge in [-0.2, -0.15) is 0 Å². The molecule has 32 heavy (non-hydrogen) atoms. The molecule has 0 bridgehead atoms. The normalized spacial score (nSPS) is 12.0. The smallest absolute Gasteiger partial charge is 0.243 e. The zero-order valence-corrected chi connectivity index (χ0v) is 19.6. The number of benzene rings is 3. The molecule has 4 nitrogen and oxygen atoms in total. The van der Waals surface area contributed by atoms with Gasteiger partial charge in [-0.15, -0.1) is 0 Å². The van der Waals surface area contributed by atoms with Crippen molar-refractivity contribution >= 4 is 22.6 Å². The Morgan fingerprint density at radius 1 is 0.969 bits per heavy atom. The molecule has 2 amide bonds. The summed E-state index contributed by atoms with van der Waals surface area (Å²) in [4.78, 5) is 28.2. The zero-order chi connectivity index (χ0) is 23.1. The highest BCUT2D eigenvalue weighted by Gasteiger charge is 2.28. The van der Waals surface area contributed by atoms with E-state index in [1.54, 1.807) is 4.90 Å². The highest BCUT2D eigenvalue weighted by Crippen LogP contribution is 2.21. The second-order valence-electron chi connectivity index (χ2n) is 8.74. The van der Waals surface area contributed by atoms with Gasteiger partial charge in [0, 0.05) is 19.0 Å². The van der Waals surface area contributed by atoms with Crippen molar-refractivity contribution in [2.45, 2.75) is 65.6 Å². The van der Waals surface area contributed by atoms with E-state index in [0.29, 0.717) is 25.8 Å². The van der Waals surface area contributed by atoms with E-state index >= 15 is 0 Å². The Labute approximate surface area is 191 Å². The van der Waals surface area contributed by atoms with Crippen molar-refractivity contribution in [1.82, 2.24) is 10.2 Å². The lowest BCUT2D eigenvalue weighted by atomic mass is 10.00. The molecule has 0 heterocycles. The highest BCUT2D eigenvalue weighted by atomic mass is 16.2. The van der Waals surface area contributed by atoms with Crippen LogP contribution in [0.3, 0.4) is 0 Å². The molecule has 3 aromatic carbocycles. The van der Waals surface area contributed by atoms with Crippen LogP contribution in [-0.4, -0.2) is 28.8 Å². The molecule has 0 unspecified atom stereocenters. The fourth-order valence-electron chi connectivity index (χ4n) is 4.20. The summed E-state index contributed by atoms with van der Waals surface area (Å²) in [6.07, 6.45) is 1.59. The Morgan fingerprint density at radius 2 is 1.69 bits per heavy atom. The van der Waals surface area contributed by atoms with Gasteiger partial charge in [0.1, 0.15) is 6.04 Å². The van der Waals surface area contributed by atoms with Gasteiger partial charge >= 0.3 is 0 Å². The van der Waals surface area contributed by atoms with Crippen molar-refractivity contribution in [1.29, 1.82) is 0 Å². The first kappa shape index (κ1) is 23.5. The SMILES string of the molecule is CC[C@H](C(=O)NC(C)C)N(Cc1cccc(C)c1)C(=O)CCc1cccc2ccccc12. The minimum absolute atomic E-state index is 0.00481. The Balaban J connectivity index is 1.83. The molecule has 0 spiro atoms. The van der Waals surface area contributed by atoms with Crippen molar-refractivity contribution < 1.29 is 9.59 Å². The number of hydrogen-bond acceptors (Lipinski definition) is 2. The Hall–Kier alpha value is -3.14.